The molecule has 0 saturated carbocycles. The summed E-state index contributed by atoms with van der Waals surface area (Å²) in [5.41, 5.74) is 1.40. The first-order chi connectivity index (χ1) is 9.72. The highest BCUT2D eigenvalue weighted by Crippen LogP contribution is 2.24. The standard InChI is InChI=1S/C16H19FN2O/c17-12-4-6-13(7-5-12)18-15-10-14(11-16(15)20)19-8-2-1-3-9-19/h4-7,10,14,18H,1-3,8-9,11H2/t14-/m0/s1. The second-order valence-electron chi connectivity index (χ2n) is 5.50. The maximum Gasteiger partial charge on any atom is 0.180 e. The monoisotopic (exact) mass is 274 g/mol. The van der Waals surface area contributed by atoms with E-state index in [1.807, 2.05) is 6.08 Å². The van der Waals surface area contributed by atoms with Crippen LogP contribution in [-0.4, -0.2) is 29.8 Å². The van der Waals surface area contributed by atoms with Gasteiger partial charge in [-0.1, -0.05) is 6.42 Å². The first-order valence-electron chi connectivity index (χ1n) is 7.24. The Bertz CT molecular complexity index is 518. The van der Waals surface area contributed by atoms with Gasteiger partial charge in [0.2, 0.25) is 0 Å². The lowest BCUT2D eigenvalue weighted by atomic mass is 10.1. The Hall–Kier alpha value is -1.68. The summed E-state index contributed by atoms with van der Waals surface area (Å²) >= 11 is 0. The Morgan fingerprint density at radius 2 is 1.80 bits per heavy atom. The lowest BCUT2D eigenvalue weighted by Crippen LogP contribution is -2.37. The van der Waals surface area contributed by atoms with Gasteiger partial charge in [-0.2, -0.15) is 0 Å². The topological polar surface area (TPSA) is 32.3 Å². The summed E-state index contributed by atoms with van der Waals surface area (Å²) in [7, 11) is 0. The van der Waals surface area contributed by atoms with E-state index in [1.165, 1.54) is 31.4 Å². The molecular weight excluding hydrogens is 255 g/mol. The minimum atomic E-state index is -0.270. The van der Waals surface area contributed by atoms with Crippen LogP contribution in [0.15, 0.2) is 36.0 Å². The van der Waals surface area contributed by atoms with E-state index in [4.69, 9.17) is 0 Å². The number of hydrogen-bond donors (Lipinski definition) is 1. The van der Waals surface area contributed by atoms with Crippen LogP contribution in [0.25, 0.3) is 0 Å². The lowest BCUT2D eigenvalue weighted by molar-refractivity contribution is -0.115. The number of rotatable bonds is 3. The van der Waals surface area contributed by atoms with Crippen LogP contribution in [0.4, 0.5) is 10.1 Å². The number of piperidine rings is 1. The summed E-state index contributed by atoms with van der Waals surface area (Å²) in [6.07, 6.45) is 6.32. The molecule has 0 aromatic heterocycles. The van der Waals surface area contributed by atoms with Crippen LogP contribution in [-0.2, 0) is 4.79 Å². The average molecular weight is 274 g/mol. The highest BCUT2D eigenvalue weighted by molar-refractivity contribution is 6.01. The quantitative estimate of drug-likeness (QED) is 0.919. The van der Waals surface area contributed by atoms with E-state index in [9.17, 15) is 9.18 Å². The van der Waals surface area contributed by atoms with E-state index in [1.54, 1.807) is 12.1 Å². The van der Waals surface area contributed by atoms with E-state index in [0.29, 0.717) is 12.1 Å². The zero-order valence-electron chi connectivity index (χ0n) is 11.4. The van der Waals surface area contributed by atoms with Crippen LogP contribution in [0.5, 0.6) is 0 Å². The van der Waals surface area contributed by atoms with Crippen molar-refractivity contribution in [2.24, 2.45) is 0 Å². The summed E-state index contributed by atoms with van der Waals surface area (Å²) in [4.78, 5) is 14.5. The molecule has 1 N–H and O–H groups in total. The first kappa shape index (κ1) is 13.3. The number of carbonyl (C=O) groups excluding carboxylic acids is 1. The molecule has 1 saturated heterocycles. The number of hydrogen-bond acceptors (Lipinski definition) is 3. The number of carbonyl (C=O) groups is 1. The minimum absolute atomic E-state index is 0.143. The van der Waals surface area contributed by atoms with Gasteiger partial charge < -0.3 is 5.32 Å². The fraction of sp³-hybridized carbons (Fsp3) is 0.438. The summed E-state index contributed by atoms with van der Waals surface area (Å²) in [5.74, 6) is -0.127. The van der Waals surface area contributed by atoms with Gasteiger partial charge in [-0.15, -0.1) is 0 Å². The number of halogens is 1. The molecule has 0 radical (unpaired) electrons. The van der Waals surface area contributed by atoms with Gasteiger partial charge in [0.25, 0.3) is 0 Å². The SMILES string of the molecule is O=C1C[C@@H](N2CCCCC2)C=C1Nc1ccc(F)cc1. The Kier molecular flexibility index (Phi) is 3.83. The van der Waals surface area contributed by atoms with Crippen LogP contribution < -0.4 is 5.32 Å². The smallest absolute Gasteiger partial charge is 0.180 e. The zero-order chi connectivity index (χ0) is 13.9. The van der Waals surface area contributed by atoms with Gasteiger partial charge in [-0.3, -0.25) is 9.69 Å². The van der Waals surface area contributed by atoms with Gasteiger partial charge >= 0.3 is 0 Å². The van der Waals surface area contributed by atoms with Crippen molar-refractivity contribution in [3.05, 3.63) is 41.9 Å². The molecule has 0 bridgehead atoms. The predicted octanol–water partition coefficient (Wildman–Crippen LogP) is 2.95. The summed E-state index contributed by atoms with van der Waals surface area (Å²) in [6.45, 7) is 2.16. The van der Waals surface area contributed by atoms with Gasteiger partial charge in [0.1, 0.15) is 5.82 Å². The molecule has 0 spiro atoms. The molecule has 1 heterocycles. The molecule has 4 heteroatoms. The van der Waals surface area contributed by atoms with Crippen molar-refractivity contribution in [2.75, 3.05) is 18.4 Å². The Balaban J connectivity index is 1.68. The number of nitrogens with one attached hydrogen (secondary N) is 1. The average Bonchev–Trinajstić information content (AvgIpc) is 2.84. The highest BCUT2D eigenvalue weighted by atomic mass is 19.1. The minimum Gasteiger partial charge on any atom is -0.353 e. The highest BCUT2D eigenvalue weighted by Gasteiger charge is 2.29. The first-order valence-corrected chi connectivity index (χ1v) is 7.24. The second-order valence-corrected chi connectivity index (χ2v) is 5.50. The number of ketones is 1. The van der Waals surface area contributed by atoms with Crippen molar-refractivity contribution in [3.8, 4) is 0 Å². The predicted molar refractivity (Wildman–Crippen MR) is 76.9 cm³/mol. The molecule has 106 valence electrons. The number of nitrogens with zero attached hydrogens (tertiary/aromatic N) is 1. The molecule has 2 aliphatic rings. The molecule has 0 amide bonds. The van der Waals surface area contributed by atoms with Gasteiger partial charge in [0.15, 0.2) is 5.78 Å². The summed E-state index contributed by atoms with van der Waals surface area (Å²) < 4.78 is 12.9. The summed E-state index contributed by atoms with van der Waals surface area (Å²) in [6, 6.07) is 6.32. The van der Waals surface area contributed by atoms with Crippen molar-refractivity contribution < 1.29 is 9.18 Å². The molecule has 1 fully saturated rings. The van der Waals surface area contributed by atoms with Crippen LogP contribution >= 0.6 is 0 Å². The van der Waals surface area contributed by atoms with Gasteiger partial charge in [-0.05, 0) is 56.3 Å². The van der Waals surface area contributed by atoms with E-state index in [-0.39, 0.29) is 17.6 Å². The number of allylic oxidation sites excluding steroid dienone is 1. The van der Waals surface area contributed by atoms with Crippen LogP contribution in [0.3, 0.4) is 0 Å². The van der Waals surface area contributed by atoms with E-state index in [0.717, 1.165) is 18.8 Å². The molecule has 1 aliphatic carbocycles. The van der Waals surface area contributed by atoms with Crippen molar-refractivity contribution in [1.29, 1.82) is 0 Å². The molecule has 20 heavy (non-hydrogen) atoms. The van der Waals surface area contributed by atoms with Crippen molar-refractivity contribution >= 4 is 11.5 Å². The molecular formula is C16H19FN2O. The Morgan fingerprint density at radius 3 is 2.50 bits per heavy atom. The van der Waals surface area contributed by atoms with Gasteiger partial charge in [-0.25, -0.2) is 4.39 Å². The van der Waals surface area contributed by atoms with E-state index < -0.39 is 0 Å². The molecule has 1 aromatic rings. The van der Waals surface area contributed by atoms with Crippen LogP contribution in [0, 0.1) is 5.82 Å². The second kappa shape index (κ2) is 5.75. The zero-order valence-corrected chi connectivity index (χ0v) is 11.4. The third kappa shape index (κ3) is 2.90. The van der Waals surface area contributed by atoms with E-state index >= 15 is 0 Å². The normalized spacial score (nSPS) is 23.8. The molecule has 1 aliphatic heterocycles. The van der Waals surface area contributed by atoms with Crippen LogP contribution in [0.1, 0.15) is 25.7 Å². The third-order valence-corrected chi connectivity index (χ3v) is 4.04. The number of anilines is 1. The Morgan fingerprint density at radius 1 is 1.10 bits per heavy atom. The maximum absolute atomic E-state index is 12.9. The molecule has 1 aromatic carbocycles. The third-order valence-electron chi connectivity index (χ3n) is 4.04. The molecule has 0 unspecified atom stereocenters. The van der Waals surface area contributed by atoms with Gasteiger partial charge in [0.05, 0.1) is 5.70 Å². The van der Waals surface area contributed by atoms with Crippen LogP contribution in [0.2, 0.25) is 0 Å². The fourth-order valence-electron chi connectivity index (χ4n) is 2.93. The van der Waals surface area contributed by atoms with Crippen molar-refractivity contribution in [2.45, 2.75) is 31.7 Å². The van der Waals surface area contributed by atoms with Crippen molar-refractivity contribution in [1.82, 2.24) is 4.90 Å². The molecule has 3 nitrogen and oxygen atoms in total. The Labute approximate surface area is 118 Å². The number of benzene rings is 1. The summed E-state index contributed by atoms with van der Waals surface area (Å²) in [5, 5.41) is 3.11. The fourth-order valence-corrected chi connectivity index (χ4v) is 2.93. The lowest BCUT2D eigenvalue weighted by Gasteiger charge is -2.30. The van der Waals surface area contributed by atoms with Crippen molar-refractivity contribution in [3.63, 3.8) is 0 Å². The van der Waals surface area contributed by atoms with Gasteiger partial charge in [0, 0.05) is 18.2 Å². The van der Waals surface area contributed by atoms with E-state index in [2.05, 4.69) is 10.2 Å². The molecule has 1 atom stereocenters. The molecule has 3 rings (SSSR count). The maximum atomic E-state index is 12.9. The largest absolute Gasteiger partial charge is 0.353 e. The number of likely N-dealkylation sites (tertiary alicyclic amines) is 1. The number of Topliss-reactive ketones (excluding diaryl/α,β-unsaturated/α-hetero) is 1.